The Bertz CT molecular complexity index is 1510. The molecule has 1 aromatic heterocycles. The zero-order valence-corrected chi connectivity index (χ0v) is 22.9. The van der Waals surface area contributed by atoms with E-state index in [9.17, 15) is 28.0 Å². The third kappa shape index (κ3) is 5.04. The first-order valence-electron chi connectivity index (χ1n) is 13.4. The van der Waals surface area contributed by atoms with Crippen molar-refractivity contribution in [2.45, 2.75) is 70.2 Å². The Balaban J connectivity index is 1.62. The molecular weight excluding hydrogens is 542 g/mol. The van der Waals surface area contributed by atoms with Gasteiger partial charge in [0.1, 0.15) is 17.2 Å². The Morgan fingerprint density at radius 1 is 1.27 bits per heavy atom. The fourth-order valence-electron chi connectivity index (χ4n) is 5.58. The molecule has 3 atom stereocenters. The van der Waals surface area contributed by atoms with Crippen molar-refractivity contribution in [2.75, 3.05) is 13.7 Å². The van der Waals surface area contributed by atoms with Gasteiger partial charge in [0.25, 0.3) is 11.8 Å². The van der Waals surface area contributed by atoms with Crippen LogP contribution in [0.2, 0.25) is 0 Å². The quantitative estimate of drug-likeness (QED) is 0.527. The number of nitrogens with one attached hydrogen (secondary N) is 1. The lowest BCUT2D eigenvalue weighted by molar-refractivity contribution is -0.134. The summed E-state index contributed by atoms with van der Waals surface area (Å²) in [5.74, 6) is -3.99. The highest BCUT2D eigenvalue weighted by molar-refractivity contribution is 6.00. The predicted octanol–water partition coefficient (Wildman–Crippen LogP) is 3.06. The molecule has 0 radical (unpaired) electrons. The van der Waals surface area contributed by atoms with E-state index in [-0.39, 0.29) is 43.2 Å². The lowest BCUT2D eigenvalue weighted by Gasteiger charge is -2.41. The second-order valence-corrected chi connectivity index (χ2v) is 10.5. The number of rotatable bonds is 6. The van der Waals surface area contributed by atoms with Crippen molar-refractivity contribution in [3.05, 3.63) is 63.1 Å². The largest absolute Gasteiger partial charge is 0.482 e. The van der Waals surface area contributed by atoms with Crippen LogP contribution in [-0.2, 0) is 20.9 Å². The van der Waals surface area contributed by atoms with Gasteiger partial charge < -0.3 is 29.1 Å². The average molecular weight is 573 g/mol. The number of fused-ring (bicyclic) bond motifs is 5. The zero-order chi connectivity index (χ0) is 29.5. The molecular formula is C28H30F2N4O7. The number of oxime groups is 1. The van der Waals surface area contributed by atoms with Gasteiger partial charge in [-0.3, -0.25) is 19.2 Å². The number of amides is 2. The highest BCUT2D eigenvalue weighted by Crippen LogP contribution is 2.46. The van der Waals surface area contributed by atoms with Gasteiger partial charge in [0.05, 0.1) is 19.6 Å². The van der Waals surface area contributed by atoms with Crippen LogP contribution in [0.5, 0.6) is 5.75 Å². The molecule has 218 valence electrons. The molecule has 41 heavy (non-hydrogen) atoms. The minimum atomic E-state index is -0.964. The van der Waals surface area contributed by atoms with Gasteiger partial charge in [-0.1, -0.05) is 18.1 Å². The van der Waals surface area contributed by atoms with Crippen molar-refractivity contribution in [3.8, 4) is 5.75 Å². The molecule has 3 aliphatic heterocycles. The normalized spacial score (nSPS) is 22.9. The van der Waals surface area contributed by atoms with E-state index in [1.54, 1.807) is 11.8 Å². The number of benzene rings is 1. The number of hydrogen-bond acceptors (Lipinski definition) is 8. The number of pyridine rings is 1. The van der Waals surface area contributed by atoms with Gasteiger partial charge in [0.15, 0.2) is 11.3 Å². The van der Waals surface area contributed by atoms with E-state index in [0.29, 0.717) is 31.2 Å². The summed E-state index contributed by atoms with van der Waals surface area (Å²) >= 11 is 0. The minimum Gasteiger partial charge on any atom is -0.482 e. The molecule has 0 aliphatic carbocycles. The lowest BCUT2D eigenvalue weighted by Crippen LogP contribution is -2.52. The number of halogens is 2. The van der Waals surface area contributed by atoms with E-state index >= 15 is 0 Å². The van der Waals surface area contributed by atoms with Crippen LogP contribution in [-0.4, -0.2) is 58.4 Å². The van der Waals surface area contributed by atoms with Crippen LogP contribution in [0, 0.1) is 11.6 Å². The van der Waals surface area contributed by atoms with Crippen LogP contribution in [0.1, 0.15) is 78.4 Å². The Morgan fingerprint density at radius 2 is 2.05 bits per heavy atom. The number of carbonyl (C=O) groups excluding carboxylic acids is 3. The summed E-state index contributed by atoms with van der Waals surface area (Å²) in [6.45, 7) is 3.48. The standard InChI is InChI=1S/C28H30F2N4O7/c1-4-5-22(35)40-25-23-27(38)33-14-20(28(9-8-15(33)2)11-21(39-3)32-41-28)34(23)13-18(24(25)36)26(37)31-12-16-6-7-17(29)10-19(16)30/h6-7,10,13,15,20H,4-5,8-9,11-12,14H2,1-3H3,(H,31,37)/t15-,20+,28-/m0/s1. The summed E-state index contributed by atoms with van der Waals surface area (Å²) in [4.78, 5) is 60.9. The van der Waals surface area contributed by atoms with Crippen molar-refractivity contribution in [2.24, 2.45) is 5.16 Å². The fourth-order valence-corrected chi connectivity index (χ4v) is 5.58. The third-order valence-electron chi connectivity index (χ3n) is 7.87. The average Bonchev–Trinajstić information content (AvgIpc) is 3.32. The predicted molar refractivity (Wildman–Crippen MR) is 140 cm³/mol. The van der Waals surface area contributed by atoms with E-state index in [0.717, 1.165) is 6.07 Å². The second kappa shape index (κ2) is 10.9. The molecule has 2 bridgehead atoms. The molecule has 2 aromatic rings. The Kier molecular flexibility index (Phi) is 7.54. The first-order valence-corrected chi connectivity index (χ1v) is 13.4. The summed E-state index contributed by atoms with van der Waals surface area (Å²) in [5.41, 5.74) is -2.52. The van der Waals surface area contributed by atoms with Crippen molar-refractivity contribution in [3.63, 3.8) is 0 Å². The molecule has 1 aromatic carbocycles. The van der Waals surface area contributed by atoms with Crippen molar-refractivity contribution >= 4 is 23.7 Å². The van der Waals surface area contributed by atoms with Gasteiger partial charge in [-0.2, -0.15) is 0 Å². The molecule has 1 spiro atoms. The monoisotopic (exact) mass is 572 g/mol. The number of aromatic nitrogens is 1. The first-order chi connectivity index (χ1) is 19.6. The molecule has 13 heteroatoms. The van der Waals surface area contributed by atoms with E-state index in [2.05, 4.69) is 10.5 Å². The van der Waals surface area contributed by atoms with E-state index in [1.165, 1.54) is 23.9 Å². The first kappa shape index (κ1) is 28.2. The maximum Gasteiger partial charge on any atom is 0.311 e. The van der Waals surface area contributed by atoms with E-state index < -0.39 is 57.8 Å². The van der Waals surface area contributed by atoms with Crippen molar-refractivity contribution in [1.29, 1.82) is 0 Å². The topological polar surface area (TPSA) is 129 Å². The van der Waals surface area contributed by atoms with Gasteiger partial charge >= 0.3 is 5.97 Å². The number of ether oxygens (including phenoxy) is 2. The van der Waals surface area contributed by atoms with Gasteiger partial charge in [0.2, 0.25) is 17.1 Å². The molecule has 3 aliphatic rings. The second-order valence-electron chi connectivity index (χ2n) is 10.5. The van der Waals surface area contributed by atoms with Crippen LogP contribution in [0.3, 0.4) is 0 Å². The number of carbonyl (C=O) groups is 3. The van der Waals surface area contributed by atoms with Crippen LogP contribution in [0.25, 0.3) is 0 Å². The van der Waals surface area contributed by atoms with Crippen LogP contribution >= 0.6 is 0 Å². The Labute approximate surface area is 234 Å². The number of methoxy groups -OCH3 is 1. The zero-order valence-electron chi connectivity index (χ0n) is 22.9. The summed E-state index contributed by atoms with van der Waals surface area (Å²) in [7, 11) is 1.47. The summed E-state index contributed by atoms with van der Waals surface area (Å²) in [6.07, 6.45) is 2.99. The lowest BCUT2D eigenvalue weighted by atomic mass is 9.85. The van der Waals surface area contributed by atoms with Gasteiger partial charge in [-0.05, 0) is 32.3 Å². The molecule has 5 rings (SSSR count). The Morgan fingerprint density at radius 3 is 2.73 bits per heavy atom. The maximum atomic E-state index is 14.2. The molecule has 0 saturated carbocycles. The van der Waals surface area contributed by atoms with Gasteiger partial charge in [0, 0.05) is 43.4 Å². The van der Waals surface area contributed by atoms with Crippen LogP contribution < -0.4 is 15.5 Å². The summed E-state index contributed by atoms with van der Waals surface area (Å²) < 4.78 is 39.8. The number of hydrogen-bond donors (Lipinski definition) is 1. The van der Waals surface area contributed by atoms with Crippen molar-refractivity contribution < 1.29 is 37.5 Å². The van der Waals surface area contributed by atoms with Crippen LogP contribution in [0.4, 0.5) is 8.78 Å². The van der Waals surface area contributed by atoms with Crippen molar-refractivity contribution in [1.82, 2.24) is 14.8 Å². The summed E-state index contributed by atoms with van der Waals surface area (Å²) in [6, 6.07) is 2.06. The molecule has 11 nitrogen and oxygen atoms in total. The number of nitrogens with zero attached hydrogens (tertiary/aromatic N) is 3. The molecule has 1 saturated heterocycles. The van der Waals surface area contributed by atoms with E-state index in [1.807, 2.05) is 6.92 Å². The smallest absolute Gasteiger partial charge is 0.311 e. The molecule has 0 unspecified atom stereocenters. The highest BCUT2D eigenvalue weighted by atomic mass is 19.1. The minimum absolute atomic E-state index is 0.00135. The van der Waals surface area contributed by atoms with Gasteiger partial charge in [-0.15, -0.1) is 0 Å². The fraction of sp³-hybridized carbons (Fsp3) is 0.464. The van der Waals surface area contributed by atoms with Gasteiger partial charge in [-0.25, -0.2) is 8.78 Å². The molecule has 4 heterocycles. The third-order valence-corrected chi connectivity index (χ3v) is 7.87. The molecule has 1 fully saturated rings. The number of esters is 1. The highest BCUT2D eigenvalue weighted by Gasteiger charge is 2.55. The van der Waals surface area contributed by atoms with Crippen LogP contribution in [0.15, 0.2) is 34.3 Å². The molecule has 2 amide bonds. The SMILES string of the molecule is CCCC(=O)Oc1c2n(cc(C(=O)NCc3ccc(F)cc3F)c1=O)[C@@H]1CN(C2=O)[C@@H](C)CC[C@]12CC(OC)=NO2. The van der Waals surface area contributed by atoms with E-state index in [4.69, 9.17) is 14.3 Å². The maximum absolute atomic E-state index is 14.2. The summed E-state index contributed by atoms with van der Waals surface area (Å²) in [5, 5.41) is 6.54. The molecule has 1 N–H and O–H groups in total. The Hall–Kier alpha value is -4.29.